The van der Waals surface area contributed by atoms with Crippen molar-refractivity contribution in [2.24, 2.45) is 0 Å². The van der Waals surface area contributed by atoms with Crippen LogP contribution in [0.5, 0.6) is 0 Å². The summed E-state index contributed by atoms with van der Waals surface area (Å²) >= 11 is 1.78. The van der Waals surface area contributed by atoms with E-state index in [1.807, 2.05) is 6.07 Å². The van der Waals surface area contributed by atoms with Crippen LogP contribution < -0.4 is 10.2 Å². The Morgan fingerprint density at radius 1 is 1.14 bits per heavy atom. The Bertz CT molecular complexity index is 589. The molecule has 0 unspecified atom stereocenters. The summed E-state index contributed by atoms with van der Waals surface area (Å²) in [7, 11) is 0. The number of aromatic nitrogens is 4. The molecule has 1 saturated heterocycles. The average molecular weight is 302 g/mol. The highest BCUT2D eigenvalue weighted by Gasteiger charge is 2.29. The Kier molecular flexibility index (Phi) is 3.42. The number of nitrogens with zero attached hydrogens (tertiary/aromatic N) is 5. The van der Waals surface area contributed by atoms with Crippen molar-refractivity contribution in [1.82, 2.24) is 20.2 Å². The zero-order valence-corrected chi connectivity index (χ0v) is 12.6. The van der Waals surface area contributed by atoms with Gasteiger partial charge in [0.2, 0.25) is 5.13 Å². The fourth-order valence-corrected chi connectivity index (χ4v) is 3.71. The normalized spacial score (nSPS) is 19.7. The summed E-state index contributed by atoms with van der Waals surface area (Å²) in [6.07, 6.45) is 8.13. The van der Waals surface area contributed by atoms with E-state index in [4.69, 9.17) is 0 Å². The summed E-state index contributed by atoms with van der Waals surface area (Å²) in [6, 6.07) is 2.39. The van der Waals surface area contributed by atoms with Gasteiger partial charge in [-0.25, -0.2) is 9.97 Å². The fraction of sp³-hybridized carbons (Fsp3) is 0.571. The van der Waals surface area contributed by atoms with Gasteiger partial charge in [-0.2, -0.15) is 0 Å². The molecule has 0 spiro atoms. The van der Waals surface area contributed by atoms with Crippen LogP contribution in [0.25, 0.3) is 0 Å². The standard InChI is InChI=1S/C14H18N6S/c1-2-10(1)13-18-19-14(21-13)20-7-4-11(5-8-20)17-12-3-6-15-9-16-12/h3,6,9-11H,1-2,4-5,7-8H2,(H,15,16,17). The summed E-state index contributed by atoms with van der Waals surface area (Å²) < 4.78 is 0. The van der Waals surface area contributed by atoms with Crippen LogP contribution >= 0.6 is 11.3 Å². The Morgan fingerprint density at radius 2 is 2.00 bits per heavy atom. The molecule has 7 heteroatoms. The quantitative estimate of drug-likeness (QED) is 0.934. The van der Waals surface area contributed by atoms with Crippen LogP contribution in [0.1, 0.15) is 36.6 Å². The second-order valence-electron chi connectivity index (χ2n) is 5.70. The minimum Gasteiger partial charge on any atom is -0.367 e. The molecule has 110 valence electrons. The summed E-state index contributed by atoms with van der Waals surface area (Å²) in [5, 5.41) is 14.5. The lowest BCUT2D eigenvalue weighted by molar-refractivity contribution is 0.524. The van der Waals surface area contributed by atoms with Crippen LogP contribution in [-0.4, -0.2) is 39.3 Å². The van der Waals surface area contributed by atoms with Gasteiger partial charge >= 0.3 is 0 Å². The molecule has 0 atom stereocenters. The average Bonchev–Trinajstić information content (AvgIpc) is 3.27. The van der Waals surface area contributed by atoms with Gasteiger partial charge in [-0.15, -0.1) is 10.2 Å². The van der Waals surface area contributed by atoms with E-state index in [1.54, 1.807) is 23.9 Å². The van der Waals surface area contributed by atoms with E-state index in [1.165, 1.54) is 17.8 Å². The lowest BCUT2D eigenvalue weighted by Gasteiger charge is -2.32. The van der Waals surface area contributed by atoms with E-state index in [2.05, 4.69) is 30.4 Å². The van der Waals surface area contributed by atoms with Gasteiger partial charge in [0.1, 0.15) is 17.2 Å². The highest BCUT2D eigenvalue weighted by atomic mass is 32.1. The van der Waals surface area contributed by atoms with Gasteiger partial charge in [-0.3, -0.25) is 0 Å². The first kappa shape index (κ1) is 12.9. The van der Waals surface area contributed by atoms with Gasteiger partial charge in [0.05, 0.1) is 0 Å². The molecule has 1 saturated carbocycles. The summed E-state index contributed by atoms with van der Waals surface area (Å²) in [4.78, 5) is 10.5. The van der Waals surface area contributed by atoms with Crippen LogP contribution in [0.4, 0.5) is 10.9 Å². The van der Waals surface area contributed by atoms with Crippen molar-refractivity contribution in [2.45, 2.75) is 37.6 Å². The van der Waals surface area contributed by atoms with Crippen LogP contribution in [0, 0.1) is 0 Å². The molecule has 0 bridgehead atoms. The van der Waals surface area contributed by atoms with Gasteiger partial charge in [-0.1, -0.05) is 11.3 Å². The van der Waals surface area contributed by atoms with Gasteiger partial charge in [0, 0.05) is 31.2 Å². The third kappa shape index (κ3) is 2.97. The second-order valence-corrected chi connectivity index (χ2v) is 6.68. The maximum Gasteiger partial charge on any atom is 0.208 e. The van der Waals surface area contributed by atoms with Crippen LogP contribution in [0.15, 0.2) is 18.6 Å². The molecule has 2 aliphatic rings. The summed E-state index contributed by atoms with van der Waals surface area (Å²) in [6.45, 7) is 2.06. The first-order valence-electron chi connectivity index (χ1n) is 7.49. The molecule has 0 amide bonds. The Labute approximate surface area is 127 Å². The second kappa shape index (κ2) is 5.55. The molecule has 4 rings (SSSR count). The van der Waals surface area contributed by atoms with E-state index in [0.717, 1.165) is 36.9 Å². The number of piperidine rings is 1. The highest BCUT2D eigenvalue weighted by molar-refractivity contribution is 7.15. The summed E-state index contributed by atoms with van der Waals surface area (Å²) in [5.74, 6) is 1.61. The molecule has 3 heterocycles. The van der Waals surface area contributed by atoms with Crippen molar-refractivity contribution >= 4 is 22.3 Å². The number of rotatable bonds is 4. The number of nitrogens with one attached hydrogen (secondary N) is 1. The molecule has 1 N–H and O–H groups in total. The molecule has 0 aromatic carbocycles. The van der Waals surface area contributed by atoms with E-state index in [9.17, 15) is 0 Å². The molecule has 2 aromatic heterocycles. The topological polar surface area (TPSA) is 66.8 Å². The lowest BCUT2D eigenvalue weighted by Crippen LogP contribution is -2.39. The first-order chi connectivity index (χ1) is 10.4. The Morgan fingerprint density at radius 3 is 2.71 bits per heavy atom. The third-order valence-electron chi connectivity index (χ3n) is 4.06. The van der Waals surface area contributed by atoms with Crippen LogP contribution in [0.2, 0.25) is 0 Å². The largest absolute Gasteiger partial charge is 0.367 e. The monoisotopic (exact) mass is 302 g/mol. The van der Waals surface area contributed by atoms with E-state index >= 15 is 0 Å². The van der Waals surface area contributed by atoms with Crippen LogP contribution in [0.3, 0.4) is 0 Å². The number of anilines is 2. The Hall–Kier alpha value is -1.76. The van der Waals surface area contributed by atoms with E-state index < -0.39 is 0 Å². The first-order valence-corrected chi connectivity index (χ1v) is 8.31. The lowest BCUT2D eigenvalue weighted by atomic mass is 10.1. The van der Waals surface area contributed by atoms with Crippen molar-refractivity contribution in [3.05, 3.63) is 23.6 Å². The predicted octanol–water partition coefficient (Wildman–Crippen LogP) is 2.29. The zero-order chi connectivity index (χ0) is 14.1. The van der Waals surface area contributed by atoms with Crippen LogP contribution in [-0.2, 0) is 0 Å². The molecule has 2 aromatic rings. The van der Waals surface area contributed by atoms with Crippen molar-refractivity contribution in [3.63, 3.8) is 0 Å². The number of hydrogen-bond donors (Lipinski definition) is 1. The van der Waals surface area contributed by atoms with Crippen molar-refractivity contribution in [1.29, 1.82) is 0 Å². The van der Waals surface area contributed by atoms with Gasteiger partial charge in [-0.05, 0) is 31.7 Å². The molecular weight excluding hydrogens is 284 g/mol. The predicted molar refractivity (Wildman–Crippen MR) is 82.8 cm³/mol. The smallest absolute Gasteiger partial charge is 0.208 e. The molecule has 0 radical (unpaired) electrons. The molecule has 2 fully saturated rings. The highest BCUT2D eigenvalue weighted by Crippen LogP contribution is 2.42. The number of hydrogen-bond acceptors (Lipinski definition) is 7. The minimum absolute atomic E-state index is 0.479. The van der Waals surface area contributed by atoms with E-state index in [0.29, 0.717) is 12.0 Å². The molecule has 21 heavy (non-hydrogen) atoms. The summed E-state index contributed by atoms with van der Waals surface area (Å²) in [5.41, 5.74) is 0. The SMILES string of the molecule is c1cc(NC2CCN(c3nnc(C4CC4)s3)CC2)ncn1. The molecule has 6 nitrogen and oxygen atoms in total. The fourth-order valence-electron chi connectivity index (χ4n) is 2.65. The Balaban J connectivity index is 1.33. The minimum atomic E-state index is 0.479. The maximum absolute atomic E-state index is 4.36. The van der Waals surface area contributed by atoms with Gasteiger partial charge in [0.25, 0.3) is 0 Å². The van der Waals surface area contributed by atoms with Gasteiger partial charge < -0.3 is 10.2 Å². The molecule has 1 aliphatic heterocycles. The van der Waals surface area contributed by atoms with E-state index in [-0.39, 0.29) is 0 Å². The third-order valence-corrected chi connectivity index (χ3v) is 5.20. The van der Waals surface area contributed by atoms with Crippen molar-refractivity contribution in [3.8, 4) is 0 Å². The molecule has 1 aliphatic carbocycles. The maximum atomic E-state index is 4.36. The zero-order valence-electron chi connectivity index (χ0n) is 11.8. The van der Waals surface area contributed by atoms with Gasteiger partial charge in [0.15, 0.2) is 0 Å². The molecular formula is C14H18N6S. The van der Waals surface area contributed by atoms with Crippen molar-refractivity contribution < 1.29 is 0 Å². The van der Waals surface area contributed by atoms with Crippen molar-refractivity contribution in [2.75, 3.05) is 23.3 Å².